The molecule has 0 saturated heterocycles. The molecule has 1 rings (SSSR count). The lowest BCUT2D eigenvalue weighted by atomic mass is 10.2. The minimum absolute atomic E-state index is 0. The van der Waals surface area contributed by atoms with E-state index < -0.39 is 34.9 Å². The number of carboxylic acid groups (broad SMARTS) is 1. The van der Waals surface area contributed by atoms with Gasteiger partial charge in [0.1, 0.15) is 11.4 Å². The van der Waals surface area contributed by atoms with Crippen molar-refractivity contribution in [2.75, 3.05) is 5.73 Å². The Balaban J connectivity index is 0.00000169. The van der Waals surface area contributed by atoms with Crippen molar-refractivity contribution in [2.24, 2.45) is 0 Å². The summed E-state index contributed by atoms with van der Waals surface area (Å²) in [6.07, 6.45) is 0. The van der Waals surface area contributed by atoms with E-state index in [1.807, 2.05) is 0 Å². The highest BCUT2D eigenvalue weighted by Crippen LogP contribution is 2.18. The first-order valence-corrected chi connectivity index (χ1v) is 2.98. The summed E-state index contributed by atoms with van der Waals surface area (Å²) in [6.45, 7) is 0. The maximum absolute atomic E-state index is 12.7. The van der Waals surface area contributed by atoms with Crippen molar-refractivity contribution in [3.05, 3.63) is 23.1 Å². The van der Waals surface area contributed by atoms with Gasteiger partial charge in [0.15, 0.2) is 5.82 Å². The Labute approximate surface area is 82.0 Å². The molecule has 4 nitrogen and oxygen atoms in total. The molecule has 0 aliphatic rings. The molecule has 0 unspecified atom stereocenters. The Hall–Kier alpha value is -1.50. The summed E-state index contributed by atoms with van der Waals surface area (Å²) in [4.78, 5) is 12.9. The summed E-state index contributed by atoms with van der Waals surface area (Å²) in [5, 5.41) is 8.31. The van der Waals surface area contributed by atoms with Gasteiger partial charge in [0.2, 0.25) is 5.82 Å². The van der Waals surface area contributed by atoms with Crippen molar-refractivity contribution in [1.82, 2.24) is 4.98 Å². The topological polar surface area (TPSA) is 76.2 Å². The predicted octanol–water partition coefficient (Wildman–Crippen LogP) is 1.20. The Morgan fingerprint density at radius 1 is 1.29 bits per heavy atom. The smallest absolute Gasteiger partial charge is 0.342 e. The average molecular weight is 229 g/mol. The van der Waals surface area contributed by atoms with E-state index in [-0.39, 0.29) is 12.4 Å². The van der Waals surface area contributed by atoms with Crippen LogP contribution in [0.4, 0.5) is 19.0 Å². The molecule has 14 heavy (non-hydrogen) atoms. The summed E-state index contributed by atoms with van der Waals surface area (Å²) < 4.78 is 37.3. The molecule has 1 heterocycles. The summed E-state index contributed by atoms with van der Waals surface area (Å²) in [7, 11) is 0. The Bertz CT molecular complexity index is 386. The molecule has 0 bridgehead atoms. The van der Waals surface area contributed by atoms with E-state index in [1.165, 1.54) is 0 Å². The lowest BCUT2D eigenvalue weighted by Gasteiger charge is -2.02. The van der Waals surface area contributed by atoms with E-state index >= 15 is 0 Å². The molecule has 0 spiro atoms. The number of hydrogen-bond acceptors (Lipinski definition) is 3. The van der Waals surface area contributed by atoms with Gasteiger partial charge in [-0.3, -0.25) is 0 Å². The van der Waals surface area contributed by atoms with E-state index in [0.717, 1.165) is 0 Å². The normalized spacial score (nSPS) is 9.36. The molecule has 1 aromatic heterocycles. The molecule has 0 amide bonds. The molecular weight excluding hydrogens is 225 g/mol. The van der Waals surface area contributed by atoms with Crippen LogP contribution in [0.15, 0.2) is 0 Å². The number of aromatic nitrogens is 1. The fourth-order valence-electron chi connectivity index (χ4n) is 0.727. The molecule has 0 fully saturated rings. The lowest BCUT2D eigenvalue weighted by Crippen LogP contribution is -2.12. The molecule has 0 aliphatic heterocycles. The number of carbonyl (C=O) groups is 1. The first-order valence-electron chi connectivity index (χ1n) is 2.98. The summed E-state index contributed by atoms with van der Waals surface area (Å²) in [6, 6.07) is 0. The quantitative estimate of drug-likeness (QED) is 0.708. The molecule has 0 radical (unpaired) electrons. The number of nitrogen functional groups attached to an aromatic ring is 1. The van der Waals surface area contributed by atoms with Crippen LogP contribution >= 0.6 is 12.4 Å². The number of nitrogens with zero attached hydrogens (tertiary/aromatic N) is 1. The first kappa shape index (κ1) is 12.5. The third kappa shape index (κ3) is 1.87. The zero-order chi connectivity index (χ0) is 10.2. The van der Waals surface area contributed by atoms with Gasteiger partial charge < -0.3 is 10.8 Å². The molecular formula is C6H4ClF3N2O2. The Morgan fingerprint density at radius 2 is 1.79 bits per heavy atom. The molecule has 3 N–H and O–H groups in total. The van der Waals surface area contributed by atoms with Gasteiger partial charge in [0.25, 0.3) is 5.95 Å². The monoisotopic (exact) mass is 228 g/mol. The number of halogens is 4. The van der Waals surface area contributed by atoms with Gasteiger partial charge in [-0.2, -0.15) is 13.8 Å². The van der Waals surface area contributed by atoms with Crippen molar-refractivity contribution in [3.8, 4) is 0 Å². The summed E-state index contributed by atoms with van der Waals surface area (Å²) in [5.74, 6) is -8.27. The van der Waals surface area contributed by atoms with Gasteiger partial charge >= 0.3 is 5.97 Å². The zero-order valence-electron chi connectivity index (χ0n) is 6.42. The van der Waals surface area contributed by atoms with Crippen LogP contribution in [0, 0.1) is 17.6 Å². The number of anilines is 1. The SMILES string of the molecule is Cl.Nc1nc(F)c(F)c(F)c1C(=O)O. The summed E-state index contributed by atoms with van der Waals surface area (Å²) >= 11 is 0. The molecule has 78 valence electrons. The van der Waals surface area contributed by atoms with Gasteiger partial charge in [-0.25, -0.2) is 9.18 Å². The van der Waals surface area contributed by atoms with E-state index in [9.17, 15) is 18.0 Å². The minimum atomic E-state index is -1.95. The fraction of sp³-hybridized carbons (Fsp3) is 0. The molecule has 1 aromatic rings. The van der Waals surface area contributed by atoms with E-state index in [0.29, 0.717) is 0 Å². The highest BCUT2D eigenvalue weighted by atomic mass is 35.5. The van der Waals surface area contributed by atoms with Gasteiger partial charge in [-0.15, -0.1) is 12.4 Å². The van der Waals surface area contributed by atoms with Crippen LogP contribution in [0.1, 0.15) is 10.4 Å². The van der Waals surface area contributed by atoms with Gasteiger partial charge in [0.05, 0.1) is 0 Å². The fourth-order valence-corrected chi connectivity index (χ4v) is 0.727. The predicted molar refractivity (Wildman–Crippen MR) is 42.7 cm³/mol. The standard InChI is InChI=1S/C6H3F3N2O2.ClH/c7-2-1(6(12)13)5(10)11-4(9)3(2)8;/h(H2,10,11)(H,12,13);1H. The number of nitrogens with two attached hydrogens (primary N) is 1. The van der Waals surface area contributed by atoms with Crippen molar-refractivity contribution in [2.45, 2.75) is 0 Å². The third-order valence-corrected chi connectivity index (χ3v) is 1.28. The number of pyridine rings is 1. The van der Waals surface area contributed by atoms with Crippen LogP contribution in [-0.4, -0.2) is 16.1 Å². The van der Waals surface area contributed by atoms with E-state index in [4.69, 9.17) is 10.8 Å². The maximum atomic E-state index is 12.7. The maximum Gasteiger partial charge on any atom is 0.342 e. The number of carboxylic acids is 1. The van der Waals surface area contributed by atoms with Crippen LogP contribution in [0.3, 0.4) is 0 Å². The summed E-state index contributed by atoms with van der Waals surface area (Å²) in [5.41, 5.74) is 3.69. The number of aromatic carboxylic acids is 1. The molecule has 0 aliphatic carbocycles. The van der Waals surface area contributed by atoms with Crippen molar-refractivity contribution < 1.29 is 23.1 Å². The zero-order valence-corrected chi connectivity index (χ0v) is 7.24. The van der Waals surface area contributed by atoms with Crippen LogP contribution in [0.5, 0.6) is 0 Å². The second-order valence-corrected chi connectivity index (χ2v) is 2.10. The van der Waals surface area contributed by atoms with Crippen molar-refractivity contribution in [3.63, 3.8) is 0 Å². The van der Waals surface area contributed by atoms with Gasteiger partial charge in [-0.05, 0) is 0 Å². The Kier molecular flexibility index (Phi) is 3.70. The third-order valence-electron chi connectivity index (χ3n) is 1.28. The van der Waals surface area contributed by atoms with E-state index in [1.54, 1.807) is 0 Å². The second kappa shape index (κ2) is 4.14. The van der Waals surface area contributed by atoms with Crippen molar-refractivity contribution in [1.29, 1.82) is 0 Å². The number of hydrogen-bond donors (Lipinski definition) is 2. The molecule has 0 atom stereocenters. The highest BCUT2D eigenvalue weighted by molar-refractivity contribution is 5.92. The van der Waals surface area contributed by atoms with Crippen LogP contribution in [-0.2, 0) is 0 Å². The average Bonchev–Trinajstić information content (AvgIpc) is 1.99. The van der Waals surface area contributed by atoms with Crippen LogP contribution in [0.2, 0.25) is 0 Å². The van der Waals surface area contributed by atoms with Crippen LogP contribution < -0.4 is 5.73 Å². The Morgan fingerprint density at radius 3 is 2.21 bits per heavy atom. The molecule has 0 aromatic carbocycles. The second-order valence-electron chi connectivity index (χ2n) is 2.10. The molecule has 0 saturated carbocycles. The minimum Gasteiger partial charge on any atom is -0.477 e. The first-order chi connectivity index (χ1) is 5.95. The lowest BCUT2D eigenvalue weighted by molar-refractivity contribution is 0.0691. The highest BCUT2D eigenvalue weighted by Gasteiger charge is 2.23. The molecule has 8 heteroatoms. The van der Waals surface area contributed by atoms with E-state index in [2.05, 4.69) is 4.98 Å². The van der Waals surface area contributed by atoms with Gasteiger partial charge in [0, 0.05) is 0 Å². The largest absolute Gasteiger partial charge is 0.477 e. The number of rotatable bonds is 1. The van der Waals surface area contributed by atoms with Crippen molar-refractivity contribution >= 4 is 24.2 Å². The van der Waals surface area contributed by atoms with Gasteiger partial charge in [-0.1, -0.05) is 0 Å². The van der Waals surface area contributed by atoms with Crippen LogP contribution in [0.25, 0.3) is 0 Å².